The molecule has 0 saturated carbocycles. The molecule has 0 fully saturated rings. The van der Waals surface area contributed by atoms with Crippen LogP contribution < -0.4 is 0 Å². The number of hydrogen-bond donors (Lipinski definition) is 2. The van der Waals surface area contributed by atoms with Crippen LogP contribution in [-0.2, 0) is 13.0 Å². The first kappa shape index (κ1) is 14.6. The van der Waals surface area contributed by atoms with Crippen molar-refractivity contribution in [1.82, 2.24) is 15.0 Å². The molecule has 0 saturated heterocycles. The third-order valence-corrected chi connectivity index (χ3v) is 2.91. The first-order valence-corrected chi connectivity index (χ1v) is 6.61. The Kier molecular flexibility index (Phi) is 5.67. The molecule has 1 aromatic carbocycles. The lowest BCUT2D eigenvalue weighted by Crippen LogP contribution is -2.29. The van der Waals surface area contributed by atoms with Crippen molar-refractivity contribution in [2.75, 3.05) is 26.3 Å². The monoisotopic (exact) mass is 277 g/mol. The largest absolute Gasteiger partial charge is 0.395 e. The molecule has 0 aliphatic heterocycles. The standard InChI is InChI=1S/C14H19N3O3/c18-8-6-17(7-9-19)11-13-15-14(20-16-13)10-12-4-2-1-3-5-12/h1-5,18-19H,6-11H2. The summed E-state index contributed by atoms with van der Waals surface area (Å²) in [5, 5.41) is 21.8. The number of aromatic nitrogens is 2. The molecule has 1 aromatic heterocycles. The lowest BCUT2D eigenvalue weighted by atomic mass is 10.1. The van der Waals surface area contributed by atoms with Gasteiger partial charge in [0.15, 0.2) is 5.82 Å². The van der Waals surface area contributed by atoms with E-state index in [1.165, 1.54) is 0 Å². The van der Waals surface area contributed by atoms with Crippen LogP contribution >= 0.6 is 0 Å². The Balaban J connectivity index is 1.94. The maximum absolute atomic E-state index is 8.95. The fraction of sp³-hybridized carbons (Fsp3) is 0.429. The molecule has 0 aliphatic rings. The molecule has 108 valence electrons. The van der Waals surface area contributed by atoms with Gasteiger partial charge in [-0.1, -0.05) is 35.5 Å². The summed E-state index contributed by atoms with van der Waals surface area (Å²) in [5.41, 5.74) is 1.12. The van der Waals surface area contributed by atoms with E-state index in [1.54, 1.807) is 0 Å². The fourth-order valence-electron chi connectivity index (χ4n) is 1.95. The van der Waals surface area contributed by atoms with Gasteiger partial charge in [-0.15, -0.1) is 0 Å². The third-order valence-electron chi connectivity index (χ3n) is 2.91. The minimum Gasteiger partial charge on any atom is -0.395 e. The smallest absolute Gasteiger partial charge is 0.231 e. The molecule has 0 aliphatic carbocycles. The maximum atomic E-state index is 8.95. The third kappa shape index (κ3) is 4.41. The summed E-state index contributed by atoms with van der Waals surface area (Å²) in [6.45, 7) is 1.48. The summed E-state index contributed by atoms with van der Waals surface area (Å²) in [6, 6.07) is 9.92. The second-order valence-electron chi connectivity index (χ2n) is 4.49. The Morgan fingerprint density at radius 3 is 2.40 bits per heavy atom. The highest BCUT2D eigenvalue weighted by molar-refractivity contribution is 5.17. The first-order chi connectivity index (χ1) is 9.81. The van der Waals surface area contributed by atoms with Gasteiger partial charge in [0.1, 0.15) is 0 Å². The molecule has 20 heavy (non-hydrogen) atoms. The SMILES string of the molecule is OCCN(CCO)Cc1noc(Cc2ccccc2)n1. The predicted octanol–water partition coefficient (Wildman–Crippen LogP) is 0.447. The van der Waals surface area contributed by atoms with Crippen LogP contribution in [0.15, 0.2) is 34.9 Å². The van der Waals surface area contributed by atoms with Crippen LogP contribution in [0.5, 0.6) is 0 Å². The van der Waals surface area contributed by atoms with Crippen LogP contribution in [0.25, 0.3) is 0 Å². The molecule has 0 radical (unpaired) electrons. The Hall–Kier alpha value is -1.76. The summed E-state index contributed by atoms with van der Waals surface area (Å²) in [4.78, 5) is 6.20. The van der Waals surface area contributed by atoms with Crippen molar-refractivity contribution in [2.24, 2.45) is 0 Å². The van der Waals surface area contributed by atoms with Crippen LogP contribution in [0.2, 0.25) is 0 Å². The minimum atomic E-state index is 0.0364. The zero-order valence-corrected chi connectivity index (χ0v) is 11.3. The number of aliphatic hydroxyl groups excluding tert-OH is 2. The second kappa shape index (κ2) is 7.74. The van der Waals surface area contributed by atoms with Gasteiger partial charge >= 0.3 is 0 Å². The Bertz CT molecular complexity index is 495. The zero-order valence-electron chi connectivity index (χ0n) is 11.3. The maximum Gasteiger partial charge on any atom is 0.231 e. The van der Waals surface area contributed by atoms with Crippen LogP contribution in [0.3, 0.4) is 0 Å². The van der Waals surface area contributed by atoms with E-state index in [2.05, 4.69) is 10.1 Å². The van der Waals surface area contributed by atoms with E-state index < -0.39 is 0 Å². The van der Waals surface area contributed by atoms with Crippen molar-refractivity contribution in [1.29, 1.82) is 0 Å². The number of aliphatic hydroxyl groups is 2. The van der Waals surface area contributed by atoms with Gasteiger partial charge in [0.05, 0.1) is 26.2 Å². The Morgan fingerprint density at radius 2 is 1.75 bits per heavy atom. The Morgan fingerprint density at radius 1 is 1.05 bits per heavy atom. The van der Waals surface area contributed by atoms with Gasteiger partial charge in [0.2, 0.25) is 5.89 Å². The summed E-state index contributed by atoms with van der Waals surface area (Å²) >= 11 is 0. The molecule has 6 nitrogen and oxygen atoms in total. The molecule has 2 aromatic rings. The number of hydrogen-bond acceptors (Lipinski definition) is 6. The highest BCUT2D eigenvalue weighted by atomic mass is 16.5. The van der Waals surface area contributed by atoms with E-state index >= 15 is 0 Å². The molecule has 0 amide bonds. The van der Waals surface area contributed by atoms with Crippen LogP contribution in [0.4, 0.5) is 0 Å². The molecule has 6 heteroatoms. The summed E-state index contributed by atoms with van der Waals surface area (Å²) in [7, 11) is 0. The van der Waals surface area contributed by atoms with E-state index in [9.17, 15) is 0 Å². The van der Waals surface area contributed by atoms with Gasteiger partial charge in [0.25, 0.3) is 0 Å². The molecular formula is C14H19N3O3. The fourth-order valence-corrected chi connectivity index (χ4v) is 1.95. The Labute approximate surface area is 117 Å². The normalized spacial score (nSPS) is 11.2. The average molecular weight is 277 g/mol. The van der Waals surface area contributed by atoms with Crippen LogP contribution in [0.1, 0.15) is 17.3 Å². The van der Waals surface area contributed by atoms with Crippen molar-refractivity contribution in [3.05, 3.63) is 47.6 Å². The summed E-state index contributed by atoms with van der Waals surface area (Å²) in [5.74, 6) is 1.14. The minimum absolute atomic E-state index is 0.0364. The van der Waals surface area contributed by atoms with Crippen molar-refractivity contribution in [2.45, 2.75) is 13.0 Å². The molecular weight excluding hydrogens is 258 g/mol. The molecule has 2 rings (SSSR count). The van der Waals surface area contributed by atoms with E-state index in [1.807, 2.05) is 35.2 Å². The topological polar surface area (TPSA) is 82.6 Å². The molecule has 0 unspecified atom stereocenters. The van der Waals surface area contributed by atoms with Crippen molar-refractivity contribution in [3.63, 3.8) is 0 Å². The number of nitrogens with zero attached hydrogens (tertiary/aromatic N) is 3. The average Bonchev–Trinajstić information content (AvgIpc) is 2.88. The van der Waals surface area contributed by atoms with Gasteiger partial charge in [-0.3, -0.25) is 4.90 Å². The van der Waals surface area contributed by atoms with E-state index in [0.29, 0.717) is 37.8 Å². The first-order valence-electron chi connectivity index (χ1n) is 6.61. The highest BCUT2D eigenvalue weighted by Gasteiger charge is 2.11. The molecule has 0 atom stereocenters. The van der Waals surface area contributed by atoms with Gasteiger partial charge < -0.3 is 14.7 Å². The number of rotatable bonds is 8. The summed E-state index contributed by atoms with van der Waals surface area (Å²) in [6.07, 6.45) is 0.605. The predicted molar refractivity (Wildman–Crippen MR) is 73.0 cm³/mol. The van der Waals surface area contributed by atoms with Crippen molar-refractivity contribution in [3.8, 4) is 0 Å². The van der Waals surface area contributed by atoms with Crippen molar-refractivity contribution < 1.29 is 14.7 Å². The molecule has 2 N–H and O–H groups in total. The quantitative estimate of drug-likeness (QED) is 0.729. The number of benzene rings is 1. The van der Waals surface area contributed by atoms with Gasteiger partial charge in [-0.05, 0) is 5.56 Å². The van der Waals surface area contributed by atoms with E-state index in [4.69, 9.17) is 14.7 Å². The van der Waals surface area contributed by atoms with Gasteiger partial charge in [-0.25, -0.2) is 0 Å². The van der Waals surface area contributed by atoms with Crippen molar-refractivity contribution >= 4 is 0 Å². The zero-order chi connectivity index (χ0) is 14.2. The molecule has 0 bridgehead atoms. The summed E-state index contributed by atoms with van der Waals surface area (Å²) < 4.78 is 5.21. The van der Waals surface area contributed by atoms with E-state index in [-0.39, 0.29) is 13.2 Å². The molecule has 0 spiro atoms. The van der Waals surface area contributed by atoms with E-state index in [0.717, 1.165) is 5.56 Å². The van der Waals surface area contributed by atoms with Crippen LogP contribution in [0, 0.1) is 0 Å². The second-order valence-corrected chi connectivity index (χ2v) is 4.49. The molecule has 1 heterocycles. The lowest BCUT2D eigenvalue weighted by molar-refractivity contribution is 0.152. The van der Waals surface area contributed by atoms with Gasteiger partial charge in [0, 0.05) is 13.1 Å². The van der Waals surface area contributed by atoms with Gasteiger partial charge in [-0.2, -0.15) is 4.98 Å². The lowest BCUT2D eigenvalue weighted by Gasteiger charge is -2.17. The highest BCUT2D eigenvalue weighted by Crippen LogP contribution is 2.08. The van der Waals surface area contributed by atoms with Crippen LogP contribution in [-0.4, -0.2) is 51.6 Å².